The molecule has 0 saturated heterocycles. The third kappa shape index (κ3) is 6.56. The third-order valence-electron chi connectivity index (χ3n) is 13.6. The molecule has 0 atom stereocenters. The first kappa shape index (κ1) is 39.1. The Morgan fingerprint density at radius 3 is 1.48 bits per heavy atom. The zero-order valence-corrected chi connectivity index (χ0v) is 36.4. The van der Waals surface area contributed by atoms with E-state index in [1.54, 1.807) is 0 Å². The van der Waals surface area contributed by atoms with Crippen LogP contribution >= 0.6 is 0 Å². The zero-order valence-electron chi connectivity index (χ0n) is 36.4. The van der Waals surface area contributed by atoms with Gasteiger partial charge in [0, 0.05) is 16.9 Å². The SMILES string of the molecule is c1ccc(-c2ccccc2-c2ccc(N(c3cccc(-c4cccc(-c5cccc6ccccc56)c4)c3)c3cccc4c3-c3ccccc3C4(c3ccccc3)c3ccccc3)cc2)cc1. The predicted molar refractivity (Wildman–Crippen MR) is 278 cm³/mol. The lowest BCUT2D eigenvalue weighted by molar-refractivity contribution is 0.768. The smallest absolute Gasteiger partial charge is 0.0714 e. The van der Waals surface area contributed by atoms with Gasteiger partial charge in [-0.1, -0.05) is 237 Å². The van der Waals surface area contributed by atoms with Gasteiger partial charge < -0.3 is 4.90 Å². The molecule has 0 bridgehead atoms. The van der Waals surface area contributed by atoms with Crippen molar-refractivity contribution in [1.29, 1.82) is 0 Å². The number of hydrogen-bond acceptors (Lipinski definition) is 1. The van der Waals surface area contributed by atoms with Crippen LogP contribution in [-0.4, -0.2) is 0 Å². The summed E-state index contributed by atoms with van der Waals surface area (Å²) in [4.78, 5) is 2.48. The van der Waals surface area contributed by atoms with Gasteiger partial charge in [0.15, 0.2) is 0 Å². The van der Waals surface area contributed by atoms with Crippen LogP contribution in [0, 0.1) is 0 Å². The Morgan fingerprint density at radius 1 is 0.273 bits per heavy atom. The highest BCUT2D eigenvalue weighted by Gasteiger charge is 2.47. The molecule has 0 spiro atoms. The van der Waals surface area contributed by atoms with Crippen molar-refractivity contribution in [1.82, 2.24) is 0 Å². The number of nitrogens with zero attached hydrogens (tertiary/aromatic N) is 1. The number of hydrogen-bond donors (Lipinski definition) is 0. The average Bonchev–Trinajstić information content (AvgIpc) is 3.71. The molecule has 11 aromatic rings. The third-order valence-corrected chi connectivity index (χ3v) is 13.6. The molecule has 0 fully saturated rings. The first-order chi connectivity index (χ1) is 32.8. The summed E-state index contributed by atoms with van der Waals surface area (Å²) in [6.07, 6.45) is 0. The quantitative estimate of drug-likeness (QED) is 0.140. The van der Waals surface area contributed by atoms with E-state index < -0.39 is 5.41 Å². The summed E-state index contributed by atoms with van der Waals surface area (Å²) in [5.41, 5.74) is 19.9. The molecule has 1 nitrogen and oxygen atoms in total. The summed E-state index contributed by atoms with van der Waals surface area (Å²) in [6, 6.07) is 100. The minimum Gasteiger partial charge on any atom is -0.310 e. The van der Waals surface area contributed by atoms with Gasteiger partial charge in [-0.15, -0.1) is 0 Å². The molecule has 0 aliphatic heterocycles. The van der Waals surface area contributed by atoms with Gasteiger partial charge in [-0.3, -0.25) is 0 Å². The molecule has 0 saturated carbocycles. The Bertz CT molecular complexity index is 3470. The lowest BCUT2D eigenvalue weighted by Crippen LogP contribution is -2.28. The van der Waals surface area contributed by atoms with Crippen LogP contribution in [0.3, 0.4) is 0 Å². The molecule has 310 valence electrons. The summed E-state index contributed by atoms with van der Waals surface area (Å²) >= 11 is 0. The summed E-state index contributed by atoms with van der Waals surface area (Å²) in [7, 11) is 0. The van der Waals surface area contributed by atoms with Crippen LogP contribution < -0.4 is 4.90 Å². The van der Waals surface area contributed by atoms with Crippen molar-refractivity contribution >= 4 is 27.8 Å². The second-order valence-corrected chi connectivity index (χ2v) is 17.2. The van der Waals surface area contributed by atoms with Crippen LogP contribution in [0.5, 0.6) is 0 Å². The predicted octanol–water partition coefficient (Wildman–Crippen LogP) is 17.3. The van der Waals surface area contributed by atoms with E-state index in [1.165, 1.54) is 83.1 Å². The lowest BCUT2D eigenvalue weighted by Gasteiger charge is -2.34. The van der Waals surface area contributed by atoms with Gasteiger partial charge in [-0.2, -0.15) is 0 Å². The van der Waals surface area contributed by atoms with Gasteiger partial charge >= 0.3 is 0 Å². The van der Waals surface area contributed by atoms with E-state index in [0.29, 0.717) is 0 Å². The molecule has 1 aliphatic rings. The van der Waals surface area contributed by atoms with Gasteiger partial charge in [0.05, 0.1) is 11.1 Å². The normalized spacial score (nSPS) is 12.4. The number of rotatable bonds is 9. The van der Waals surface area contributed by atoms with Crippen molar-refractivity contribution in [2.24, 2.45) is 0 Å². The van der Waals surface area contributed by atoms with Crippen LogP contribution in [0.15, 0.2) is 273 Å². The van der Waals surface area contributed by atoms with Crippen LogP contribution in [0.1, 0.15) is 22.3 Å². The number of benzene rings is 11. The number of fused-ring (bicyclic) bond motifs is 4. The first-order valence-electron chi connectivity index (χ1n) is 22.8. The van der Waals surface area contributed by atoms with Gasteiger partial charge in [-0.25, -0.2) is 0 Å². The van der Waals surface area contributed by atoms with E-state index in [4.69, 9.17) is 0 Å². The molecular weight excluding hydrogens is 795 g/mol. The summed E-state index contributed by atoms with van der Waals surface area (Å²) in [6.45, 7) is 0. The molecule has 0 aromatic heterocycles. The standard InChI is InChI=1S/C65H45N/c1-4-20-46(21-5-1)56-33-12-13-34-58(56)48-40-42-54(43-41-48)66(55-31-17-25-50(45-55)49-24-16-26-51(44-49)59-36-18-23-47-22-10-11-32-57(47)59)63-39-19-38-62-64(63)60-35-14-15-37-61(60)65(62,52-27-6-2-7-28-52)53-29-8-3-9-30-53/h1-45H. The topological polar surface area (TPSA) is 3.24 Å². The van der Waals surface area contributed by atoms with Crippen molar-refractivity contribution < 1.29 is 0 Å². The zero-order chi connectivity index (χ0) is 43.9. The molecule has 1 aliphatic carbocycles. The summed E-state index contributed by atoms with van der Waals surface area (Å²) in [5, 5.41) is 2.50. The Kier molecular flexibility index (Phi) is 9.81. The highest BCUT2D eigenvalue weighted by atomic mass is 15.1. The van der Waals surface area contributed by atoms with Crippen LogP contribution in [0.2, 0.25) is 0 Å². The fraction of sp³-hybridized carbons (Fsp3) is 0.0154. The minimum atomic E-state index is -0.523. The first-order valence-corrected chi connectivity index (χ1v) is 22.8. The highest BCUT2D eigenvalue weighted by Crippen LogP contribution is 2.59. The van der Waals surface area contributed by atoms with Crippen LogP contribution in [-0.2, 0) is 5.41 Å². The van der Waals surface area contributed by atoms with E-state index in [-0.39, 0.29) is 0 Å². The van der Waals surface area contributed by atoms with E-state index in [9.17, 15) is 0 Å². The molecular formula is C65H45N. The van der Waals surface area contributed by atoms with Crippen molar-refractivity contribution in [2.45, 2.75) is 5.41 Å². The molecule has 0 N–H and O–H groups in total. The largest absolute Gasteiger partial charge is 0.310 e. The maximum atomic E-state index is 2.48. The maximum Gasteiger partial charge on any atom is 0.0714 e. The molecule has 0 unspecified atom stereocenters. The maximum absolute atomic E-state index is 2.48. The Hall–Kier alpha value is -8.52. The fourth-order valence-electron chi connectivity index (χ4n) is 10.6. The van der Waals surface area contributed by atoms with Crippen molar-refractivity contribution in [3.05, 3.63) is 295 Å². The van der Waals surface area contributed by atoms with E-state index in [1.807, 2.05) is 0 Å². The molecule has 0 radical (unpaired) electrons. The number of anilines is 3. The second kappa shape index (κ2) is 16.6. The molecule has 11 aromatic carbocycles. The lowest BCUT2D eigenvalue weighted by atomic mass is 9.68. The molecule has 0 amide bonds. The Morgan fingerprint density at radius 2 is 0.758 bits per heavy atom. The van der Waals surface area contributed by atoms with Gasteiger partial charge in [0.2, 0.25) is 0 Å². The molecule has 66 heavy (non-hydrogen) atoms. The minimum absolute atomic E-state index is 0.523. The monoisotopic (exact) mass is 839 g/mol. The molecule has 0 heterocycles. The second-order valence-electron chi connectivity index (χ2n) is 17.2. The Labute approximate surface area is 387 Å². The molecule has 12 rings (SSSR count). The highest BCUT2D eigenvalue weighted by molar-refractivity contribution is 5.99. The van der Waals surface area contributed by atoms with Gasteiger partial charge in [0.1, 0.15) is 0 Å². The van der Waals surface area contributed by atoms with E-state index in [0.717, 1.165) is 22.6 Å². The van der Waals surface area contributed by atoms with Crippen LogP contribution in [0.4, 0.5) is 17.1 Å². The summed E-state index contributed by atoms with van der Waals surface area (Å²) < 4.78 is 0. The fourth-order valence-corrected chi connectivity index (χ4v) is 10.6. The Balaban J connectivity index is 1.06. The van der Waals surface area contributed by atoms with Crippen molar-refractivity contribution in [2.75, 3.05) is 4.90 Å². The van der Waals surface area contributed by atoms with Gasteiger partial charge in [-0.05, 0) is 119 Å². The van der Waals surface area contributed by atoms with Crippen molar-refractivity contribution in [3.8, 4) is 55.6 Å². The van der Waals surface area contributed by atoms with E-state index in [2.05, 4.69) is 278 Å². The van der Waals surface area contributed by atoms with E-state index >= 15 is 0 Å². The molecule has 1 heteroatoms. The average molecular weight is 840 g/mol. The summed E-state index contributed by atoms with van der Waals surface area (Å²) in [5.74, 6) is 0. The van der Waals surface area contributed by atoms with Gasteiger partial charge in [0.25, 0.3) is 0 Å². The van der Waals surface area contributed by atoms with Crippen LogP contribution in [0.25, 0.3) is 66.4 Å². The van der Waals surface area contributed by atoms with Crippen molar-refractivity contribution in [3.63, 3.8) is 0 Å².